The molecule has 0 saturated carbocycles. The zero-order valence-corrected chi connectivity index (χ0v) is 16.8. The fourth-order valence-electron chi connectivity index (χ4n) is 2.68. The number of esters is 1. The average molecular weight is 405 g/mol. The van der Waals surface area contributed by atoms with Crippen LogP contribution in [0.3, 0.4) is 0 Å². The number of carbonyl (C=O) groups is 2. The van der Waals surface area contributed by atoms with Crippen LogP contribution >= 0.6 is 0 Å². The number of sulfone groups is 1. The maximum absolute atomic E-state index is 12.2. The van der Waals surface area contributed by atoms with E-state index in [0.717, 1.165) is 5.69 Å². The highest BCUT2D eigenvalue weighted by molar-refractivity contribution is 7.91. The van der Waals surface area contributed by atoms with Crippen LogP contribution in [0.25, 0.3) is 6.08 Å². The zero-order chi connectivity index (χ0) is 20.9. The van der Waals surface area contributed by atoms with Gasteiger partial charge in [-0.2, -0.15) is 5.26 Å². The molecule has 0 aromatic heterocycles. The summed E-state index contributed by atoms with van der Waals surface area (Å²) in [6.45, 7) is 1.37. The Morgan fingerprint density at radius 3 is 2.46 bits per heavy atom. The molecule has 1 heterocycles. The summed E-state index contributed by atoms with van der Waals surface area (Å²) in [5, 5.41) is 11.8. The Morgan fingerprint density at radius 1 is 1.32 bits per heavy atom. The van der Waals surface area contributed by atoms with Gasteiger partial charge >= 0.3 is 5.97 Å². The number of anilines is 1. The Balaban J connectivity index is 1.98. The lowest BCUT2D eigenvalue weighted by molar-refractivity contribution is -0.150. The van der Waals surface area contributed by atoms with Crippen LogP contribution in [0.2, 0.25) is 0 Å². The minimum atomic E-state index is -3.13. The molecule has 1 amide bonds. The highest BCUT2D eigenvalue weighted by Gasteiger charge is 2.31. The standard InChI is InChI=1S/C19H23N3O5S/c1-13(18(23)21-16-8-9-28(25,26)12-16)27-19(24)15(11-20)10-14-4-6-17(7-5-14)22(2)3/h4-7,10,13,16H,8-9,12H2,1-3H3,(H,21,23)/b15-10+/t13-,16-/m1/s1. The number of nitrogens with one attached hydrogen (secondary N) is 1. The van der Waals surface area contributed by atoms with Crippen LogP contribution in [0.4, 0.5) is 5.69 Å². The first kappa shape index (κ1) is 21.4. The zero-order valence-electron chi connectivity index (χ0n) is 16.0. The minimum absolute atomic E-state index is 0.0278. The quantitative estimate of drug-likeness (QED) is 0.424. The summed E-state index contributed by atoms with van der Waals surface area (Å²) in [6.07, 6.45) is 0.570. The van der Waals surface area contributed by atoms with Crippen molar-refractivity contribution < 1.29 is 22.7 Å². The van der Waals surface area contributed by atoms with Crippen LogP contribution in [-0.2, 0) is 24.2 Å². The van der Waals surface area contributed by atoms with Gasteiger partial charge in [0, 0.05) is 25.8 Å². The predicted molar refractivity (Wildman–Crippen MR) is 105 cm³/mol. The molecule has 2 rings (SSSR count). The maximum atomic E-state index is 12.2. The monoisotopic (exact) mass is 405 g/mol. The van der Waals surface area contributed by atoms with E-state index >= 15 is 0 Å². The molecule has 9 heteroatoms. The second-order valence-electron chi connectivity index (χ2n) is 6.81. The van der Waals surface area contributed by atoms with Gasteiger partial charge in [-0.05, 0) is 37.1 Å². The molecule has 8 nitrogen and oxygen atoms in total. The fraction of sp³-hybridized carbons (Fsp3) is 0.421. The van der Waals surface area contributed by atoms with E-state index in [1.165, 1.54) is 13.0 Å². The molecule has 2 atom stereocenters. The van der Waals surface area contributed by atoms with Gasteiger partial charge in [0.05, 0.1) is 11.5 Å². The van der Waals surface area contributed by atoms with Crippen molar-refractivity contribution in [2.24, 2.45) is 0 Å². The van der Waals surface area contributed by atoms with Gasteiger partial charge in [-0.25, -0.2) is 13.2 Å². The molecular weight excluding hydrogens is 382 g/mol. The number of ether oxygens (including phenoxy) is 1. The SMILES string of the molecule is C[C@@H](OC(=O)/C(C#N)=C/c1ccc(N(C)C)cc1)C(=O)N[C@@H]1CCS(=O)(=O)C1. The molecule has 0 spiro atoms. The van der Waals surface area contributed by atoms with Gasteiger partial charge in [0.1, 0.15) is 11.6 Å². The molecule has 1 aliphatic heterocycles. The molecule has 1 aliphatic rings. The van der Waals surface area contributed by atoms with Crippen LogP contribution in [-0.4, -0.2) is 58.0 Å². The van der Waals surface area contributed by atoms with Crippen LogP contribution in [0.5, 0.6) is 0 Å². The number of amides is 1. The first-order chi connectivity index (χ1) is 13.1. The maximum Gasteiger partial charge on any atom is 0.349 e. The topological polar surface area (TPSA) is 117 Å². The molecule has 1 fully saturated rings. The number of rotatable bonds is 6. The minimum Gasteiger partial charge on any atom is -0.448 e. The third-order valence-electron chi connectivity index (χ3n) is 4.29. The molecule has 0 unspecified atom stereocenters. The summed E-state index contributed by atoms with van der Waals surface area (Å²) >= 11 is 0. The van der Waals surface area contributed by atoms with Crippen LogP contribution < -0.4 is 10.2 Å². The molecule has 1 aromatic rings. The Morgan fingerprint density at radius 2 is 1.96 bits per heavy atom. The van der Waals surface area contributed by atoms with Gasteiger partial charge in [0.15, 0.2) is 15.9 Å². The molecule has 28 heavy (non-hydrogen) atoms. The van der Waals surface area contributed by atoms with Crippen LogP contribution in [0.15, 0.2) is 29.8 Å². The van der Waals surface area contributed by atoms with Crippen molar-refractivity contribution in [3.05, 3.63) is 35.4 Å². The third-order valence-corrected chi connectivity index (χ3v) is 6.06. The lowest BCUT2D eigenvalue weighted by atomic mass is 10.1. The van der Waals surface area contributed by atoms with Crippen molar-refractivity contribution in [2.45, 2.75) is 25.5 Å². The highest BCUT2D eigenvalue weighted by Crippen LogP contribution is 2.16. The molecular formula is C19H23N3O5S. The normalized spacial score (nSPS) is 19.4. The van der Waals surface area contributed by atoms with Crippen molar-refractivity contribution >= 4 is 33.5 Å². The first-order valence-electron chi connectivity index (χ1n) is 8.72. The Labute approximate surface area is 164 Å². The lowest BCUT2D eigenvalue weighted by Crippen LogP contribution is -2.42. The summed E-state index contributed by atoms with van der Waals surface area (Å²) in [4.78, 5) is 26.3. The number of carbonyl (C=O) groups excluding carboxylic acids is 2. The molecule has 0 radical (unpaired) electrons. The lowest BCUT2D eigenvalue weighted by Gasteiger charge is -2.16. The second-order valence-corrected chi connectivity index (χ2v) is 9.04. The summed E-state index contributed by atoms with van der Waals surface area (Å²) in [5.41, 5.74) is 1.38. The Bertz CT molecular complexity index is 914. The number of benzene rings is 1. The van der Waals surface area contributed by atoms with E-state index in [2.05, 4.69) is 5.32 Å². The van der Waals surface area contributed by atoms with Crippen molar-refractivity contribution in [2.75, 3.05) is 30.5 Å². The van der Waals surface area contributed by atoms with E-state index in [1.807, 2.05) is 31.1 Å². The smallest absolute Gasteiger partial charge is 0.349 e. The van der Waals surface area contributed by atoms with E-state index in [1.54, 1.807) is 18.2 Å². The van der Waals surface area contributed by atoms with Crippen LogP contribution in [0, 0.1) is 11.3 Å². The van der Waals surface area contributed by atoms with Gasteiger partial charge < -0.3 is 15.0 Å². The molecule has 1 N–H and O–H groups in total. The van der Waals surface area contributed by atoms with Gasteiger partial charge in [0.25, 0.3) is 5.91 Å². The molecule has 0 bridgehead atoms. The largest absolute Gasteiger partial charge is 0.448 e. The highest BCUT2D eigenvalue weighted by atomic mass is 32.2. The molecule has 0 aliphatic carbocycles. The van der Waals surface area contributed by atoms with E-state index in [9.17, 15) is 23.3 Å². The van der Waals surface area contributed by atoms with Gasteiger partial charge in [0.2, 0.25) is 0 Å². The van der Waals surface area contributed by atoms with Crippen LogP contribution in [0.1, 0.15) is 18.9 Å². The predicted octanol–water partition coefficient (Wildman–Crippen LogP) is 0.895. The summed E-state index contributed by atoms with van der Waals surface area (Å²) < 4.78 is 28.0. The van der Waals surface area contributed by atoms with Gasteiger partial charge in [-0.15, -0.1) is 0 Å². The van der Waals surface area contributed by atoms with E-state index in [0.29, 0.717) is 12.0 Å². The number of hydrogen-bond donors (Lipinski definition) is 1. The Hall–Kier alpha value is -2.86. The van der Waals surface area contributed by atoms with E-state index in [-0.39, 0.29) is 17.1 Å². The van der Waals surface area contributed by atoms with Crippen molar-refractivity contribution in [1.29, 1.82) is 5.26 Å². The summed E-state index contributed by atoms with van der Waals surface area (Å²) in [5.74, 6) is -1.60. The van der Waals surface area contributed by atoms with Gasteiger partial charge in [-0.3, -0.25) is 4.79 Å². The third kappa shape index (κ3) is 5.82. The average Bonchev–Trinajstić information content (AvgIpc) is 2.98. The van der Waals surface area contributed by atoms with Crippen molar-refractivity contribution in [3.63, 3.8) is 0 Å². The molecule has 1 aromatic carbocycles. The van der Waals surface area contributed by atoms with Crippen molar-refractivity contribution in [1.82, 2.24) is 5.32 Å². The summed E-state index contributed by atoms with van der Waals surface area (Å²) in [6, 6.07) is 8.51. The first-order valence-corrected chi connectivity index (χ1v) is 10.5. The Kier molecular flexibility index (Phi) is 6.80. The molecule has 1 saturated heterocycles. The fourth-order valence-corrected chi connectivity index (χ4v) is 4.35. The number of nitrogens with zero attached hydrogens (tertiary/aromatic N) is 2. The second kappa shape index (κ2) is 8.89. The number of nitriles is 1. The van der Waals surface area contributed by atoms with Gasteiger partial charge in [-0.1, -0.05) is 12.1 Å². The van der Waals surface area contributed by atoms with E-state index in [4.69, 9.17) is 4.74 Å². The number of hydrogen-bond acceptors (Lipinski definition) is 7. The van der Waals surface area contributed by atoms with Crippen molar-refractivity contribution in [3.8, 4) is 6.07 Å². The summed E-state index contributed by atoms with van der Waals surface area (Å²) in [7, 11) is 0.670. The molecule has 150 valence electrons. The van der Waals surface area contributed by atoms with E-state index < -0.39 is 33.9 Å².